The summed E-state index contributed by atoms with van der Waals surface area (Å²) in [5.41, 5.74) is 1.86. The second-order valence-electron chi connectivity index (χ2n) is 6.74. The van der Waals surface area contributed by atoms with Gasteiger partial charge in [-0.05, 0) is 43.3 Å². The minimum absolute atomic E-state index is 0. The van der Waals surface area contributed by atoms with E-state index in [0.29, 0.717) is 11.8 Å². The highest BCUT2D eigenvalue weighted by molar-refractivity contribution is 7.89. The summed E-state index contributed by atoms with van der Waals surface area (Å²) in [6.45, 7) is 1.87. The fraction of sp³-hybridized carbons (Fsp3) is 0.0909. The molecule has 0 heterocycles. The highest BCUT2D eigenvalue weighted by atomic mass is 35.5. The van der Waals surface area contributed by atoms with Gasteiger partial charge in [-0.25, -0.2) is 27.1 Å². The summed E-state index contributed by atoms with van der Waals surface area (Å²) >= 11 is 11.3. The minimum atomic E-state index is -3.96. The lowest BCUT2D eigenvalue weighted by atomic mass is 10.0. The predicted molar refractivity (Wildman–Crippen MR) is 132 cm³/mol. The van der Waals surface area contributed by atoms with Crippen molar-refractivity contribution in [1.82, 2.24) is 0 Å². The van der Waals surface area contributed by atoms with Crippen LogP contribution in [0.2, 0.25) is 10.0 Å². The Morgan fingerprint density at radius 3 is 1.79 bits per heavy atom. The number of nitrogens with two attached hydrogens (primary N) is 2. The van der Waals surface area contributed by atoms with E-state index in [9.17, 15) is 26.4 Å². The molecule has 0 fully saturated rings. The molecule has 0 spiro atoms. The third kappa shape index (κ3) is 7.73. The van der Waals surface area contributed by atoms with E-state index in [1.807, 2.05) is 13.0 Å². The lowest BCUT2D eigenvalue weighted by Crippen LogP contribution is -2.14. The first-order valence-electron chi connectivity index (χ1n) is 8.95. The predicted octanol–water partition coefficient (Wildman–Crippen LogP) is 3.96. The number of hydrogen-bond acceptors (Lipinski definition) is 6. The fourth-order valence-electron chi connectivity index (χ4n) is 2.63. The van der Waals surface area contributed by atoms with Crippen molar-refractivity contribution in [2.75, 3.05) is 0 Å². The number of rotatable bonds is 5. The smallest absolute Gasteiger partial charge is 0.239 e. The summed E-state index contributed by atoms with van der Waals surface area (Å²) in [6, 6.07) is 14.9. The number of aldehydes is 1. The van der Waals surface area contributed by atoms with Crippen molar-refractivity contribution in [3.05, 3.63) is 93.0 Å². The van der Waals surface area contributed by atoms with E-state index in [1.54, 1.807) is 18.2 Å². The van der Waals surface area contributed by atoms with Crippen LogP contribution < -0.4 is 10.3 Å². The molecule has 0 aliphatic heterocycles. The first-order chi connectivity index (χ1) is 15.2. The maximum Gasteiger partial charge on any atom is 0.239 e. The van der Waals surface area contributed by atoms with Crippen LogP contribution >= 0.6 is 23.2 Å². The van der Waals surface area contributed by atoms with Gasteiger partial charge in [0.25, 0.3) is 0 Å². The van der Waals surface area contributed by atoms with Crippen LogP contribution in [-0.4, -0.2) is 28.9 Å². The van der Waals surface area contributed by atoms with Crippen molar-refractivity contribution < 1.29 is 26.4 Å². The summed E-state index contributed by atoms with van der Waals surface area (Å²) < 4.78 is 44.6. The molecule has 0 amide bonds. The zero-order valence-corrected chi connectivity index (χ0v) is 20.2. The normalized spacial score (nSPS) is 11.0. The molecule has 0 bridgehead atoms. The molecule has 8 nitrogen and oxygen atoms in total. The Kier molecular flexibility index (Phi) is 10.1. The maximum absolute atomic E-state index is 12.3. The molecule has 0 saturated carbocycles. The summed E-state index contributed by atoms with van der Waals surface area (Å²) in [6.07, 6.45) is 0.519. The molecule has 0 unspecified atom stereocenters. The van der Waals surface area contributed by atoms with Gasteiger partial charge in [0.2, 0.25) is 20.0 Å². The van der Waals surface area contributed by atoms with E-state index in [1.165, 1.54) is 30.3 Å². The lowest BCUT2D eigenvalue weighted by molar-refractivity contribution is 0.103. The average Bonchev–Trinajstić information content (AvgIpc) is 2.73. The molecule has 0 saturated heterocycles. The quantitative estimate of drug-likeness (QED) is 0.365. The molecule has 0 aromatic heterocycles. The Labute approximate surface area is 208 Å². The van der Waals surface area contributed by atoms with E-state index in [-0.39, 0.29) is 44.2 Å². The number of ketones is 1. The molecule has 0 radical (unpaired) electrons. The first kappa shape index (κ1) is 29.4. The molecular formula is C22H22Cl2N2O6S2. The number of sulfonamides is 2. The highest BCUT2D eigenvalue weighted by Crippen LogP contribution is 2.23. The van der Waals surface area contributed by atoms with E-state index < -0.39 is 20.0 Å². The van der Waals surface area contributed by atoms with Gasteiger partial charge < -0.3 is 0 Å². The minimum Gasteiger partial charge on any atom is -0.298 e. The molecule has 182 valence electrons. The molecule has 0 aliphatic rings. The molecule has 3 rings (SSSR count). The number of hydrogen-bond donors (Lipinski definition) is 2. The SMILES string of the molecule is C.Cc1cccc(C(=O)c2ccc(Cl)c(S(N)(=O)=O)c2)c1.NS(=O)(=O)c1cc(C=O)ccc1Cl. The van der Waals surface area contributed by atoms with E-state index in [0.717, 1.165) is 11.6 Å². The van der Waals surface area contributed by atoms with Gasteiger partial charge in [-0.1, -0.05) is 60.5 Å². The van der Waals surface area contributed by atoms with Gasteiger partial charge in [-0.3, -0.25) is 9.59 Å². The molecule has 3 aromatic rings. The van der Waals surface area contributed by atoms with Gasteiger partial charge in [0.05, 0.1) is 10.0 Å². The molecule has 34 heavy (non-hydrogen) atoms. The fourth-order valence-corrected chi connectivity index (χ4v) is 4.78. The van der Waals surface area contributed by atoms with Crippen molar-refractivity contribution in [2.24, 2.45) is 10.3 Å². The number of carbonyl (C=O) groups is 2. The van der Waals surface area contributed by atoms with Crippen LogP contribution in [0, 0.1) is 6.92 Å². The molecular weight excluding hydrogens is 523 g/mol. The number of benzene rings is 3. The second kappa shape index (κ2) is 11.7. The second-order valence-corrected chi connectivity index (χ2v) is 10.6. The Morgan fingerprint density at radius 2 is 1.29 bits per heavy atom. The third-order valence-corrected chi connectivity index (χ3v) is 6.96. The topological polar surface area (TPSA) is 154 Å². The van der Waals surface area contributed by atoms with Crippen LogP contribution in [0.15, 0.2) is 70.5 Å². The highest BCUT2D eigenvalue weighted by Gasteiger charge is 2.17. The van der Waals surface area contributed by atoms with Crippen LogP contribution in [0.1, 0.15) is 39.3 Å². The van der Waals surface area contributed by atoms with Gasteiger partial charge in [0.1, 0.15) is 16.1 Å². The van der Waals surface area contributed by atoms with Gasteiger partial charge in [0, 0.05) is 16.7 Å². The van der Waals surface area contributed by atoms with Gasteiger partial charge in [0.15, 0.2) is 5.78 Å². The van der Waals surface area contributed by atoms with Crippen LogP contribution in [0.4, 0.5) is 0 Å². The molecule has 0 aliphatic carbocycles. The molecule has 12 heteroatoms. The van der Waals surface area contributed by atoms with E-state index >= 15 is 0 Å². The zero-order valence-electron chi connectivity index (χ0n) is 17.0. The van der Waals surface area contributed by atoms with Crippen molar-refractivity contribution in [1.29, 1.82) is 0 Å². The first-order valence-corrected chi connectivity index (χ1v) is 12.8. The van der Waals surface area contributed by atoms with Gasteiger partial charge in [-0.2, -0.15) is 0 Å². The Balaban J connectivity index is 0.000000360. The third-order valence-electron chi connectivity index (χ3n) is 4.18. The molecule has 3 aromatic carbocycles. The molecule has 0 atom stereocenters. The van der Waals surface area contributed by atoms with Crippen molar-refractivity contribution in [2.45, 2.75) is 24.1 Å². The summed E-state index contributed by atoms with van der Waals surface area (Å²) in [4.78, 5) is 22.1. The van der Waals surface area contributed by atoms with Gasteiger partial charge in [-0.15, -0.1) is 0 Å². The molecule has 4 N–H and O–H groups in total. The van der Waals surface area contributed by atoms with Gasteiger partial charge >= 0.3 is 0 Å². The monoisotopic (exact) mass is 544 g/mol. The largest absolute Gasteiger partial charge is 0.298 e. The number of halogens is 2. The summed E-state index contributed by atoms with van der Waals surface area (Å²) in [5, 5.41) is 9.92. The number of carbonyl (C=O) groups excluding carboxylic acids is 2. The average molecular weight is 545 g/mol. The standard InChI is InChI=1S/C14H12ClNO3S.C7H6ClNO3S.CH4/c1-9-3-2-4-10(7-9)14(17)11-5-6-12(15)13(8-11)20(16,18)19;8-6-2-1-5(4-10)3-7(6)13(9,11)12;/h2-8H,1H3,(H2,16,18,19);1-4H,(H2,9,11,12);1H4. The Morgan fingerprint density at radius 1 is 0.794 bits per heavy atom. The van der Waals surface area contributed by atoms with E-state index in [4.69, 9.17) is 33.5 Å². The van der Waals surface area contributed by atoms with E-state index in [2.05, 4.69) is 0 Å². The van der Waals surface area contributed by atoms with Crippen LogP contribution in [0.25, 0.3) is 0 Å². The van der Waals surface area contributed by atoms with Crippen molar-refractivity contribution in [3.8, 4) is 0 Å². The summed E-state index contributed by atoms with van der Waals surface area (Å²) in [7, 11) is -7.82. The summed E-state index contributed by atoms with van der Waals surface area (Å²) in [5.74, 6) is -0.282. The Bertz CT molecular complexity index is 1440. The number of primary sulfonamides is 2. The van der Waals surface area contributed by atoms with Crippen LogP contribution in [0.3, 0.4) is 0 Å². The Hall–Kier alpha value is -2.60. The number of aryl methyl sites for hydroxylation is 1. The van der Waals surface area contributed by atoms with Crippen molar-refractivity contribution >= 4 is 55.3 Å². The zero-order chi connectivity index (χ0) is 25.0. The maximum atomic E-state index is 12.3. The van der Waals surface area contributed by atoms with Crippen LogP contribution in [0.5, 0.6) is 0 Å². The van der Waals surface area contributed by atoms with Crippen molar-refractivity contribution in [3.63, 3.8) is 0 Å². The lowest BCUT2D eigenvalue weighted by Gasteiger charge is -2.06. The van der Waals surface area contributed by atoms with Crippen LogP contribution in [-0.2, 0) is 20.0 Å².